The van der Waals surface area contributed by atoms with Gasteiger partial charge in [-0.25, -0.2) is 0 Å². The first-order valence-electron chi connectivity index (χ1n) is 5.52. The average Bonchev–Trinajstić information content (AvgIpc) is 2.55. The van der Waals surface area contributed by atoms with E-state index in [0.717, 1.165) is 11.4 Å². The van der Waals surface area contributed by atoms with E-state index in [0.29, 0.717) is 18.1 Å². The fourth-order valence-corrected chi connectivity index (χ4v) is 1.77. The van der Waals surface area contributed by atoms with Gasteiger partial charge in [0.2, 0.25) is 0 Å². The van der Waals surface area contributed by atoms with Crippen molar-refractivity contribution in [1.82, 2.24) is 15.1 Å². The van der Waals surface area contributed by atoms with E-state index < -0.39 is 6.04 Å². The average molecular weight is 260 g/mol. The van der Waals surface area contributed by atoms with Gasteiger partial charge in [0.05, 0.1) is 30.1 Å². The van der Waals surface area contributed by atoms with E-state index >= 15 is 0 Å². The number of halogens is 1. The highest BCUT2D eigenvalue weighted by Crippen LogP contribution is 2.19. The molecule has 1 rings (SSSR count). The Labute approximate surface area is 106 Å². The fraction of sp³-hybridized carbons (Fsp3) is 0.636. The molecule has 0 saturated heterocycles. The number of nitrogens with zero attached hydrogens (tertiary/aromatic N) is 2. The first-order valence-corrected chi connectivity index (χ1v) is 5.89. The van der Waals surface area contributed by atoms with Gasteiger partial charge in [0, 0.05) is 0 Å². The molecule has 0 aliphatic rings. The van der Waals surface area contributed by atoms with Crippen molar-refractivity contribution in [2.75, 3.05) is 13.7 Å². The van der Waals surface area contributed by atoms with Crippen LogP contribution in [0.25, 0.3) is 0 Å². The van der Waals surface area contributed by atoms with E-state index in [4.69, 9.17) is 16.3 Å². The summed E-state index contributed by atoms with van der Waals surface area (Å²) in [5, 5.41) is 7.99. The van der Waals surface area contributed by atoms with Crippen LogP contribution in [-0.2, 0) is 16.1 Å². The van der Waals surface area contributed by atoms with Crippen LogP contribution in [0.15, 0.2) is 0 Å². The Balaban J connectivity index is 2.85. The largest absolute Gasteiger partial charge is 0.468 e. The van der Waals surface area contributed by atoms with Crippen molar-refractivity contribution >= 4 is 17.6 Å². The molecule has 1 aromatic rings. The molecule has 0 fully saturated rings. The monoisotopic (exact) mass is 259 g/mol. The molecule has 0 bridgehead atoms. The minimum absolute atomic E-state index is 0.296. The molecule has 1 atom stereocenters. The second kappa shape index (κ2) is 6.02. The lowest BCUT2D eigenvalue weighted by Crippen LogP contribution is -2.41. The van der Waals surface area contributed by atoms with Crippen molar-refractivity contribution in [2.45, 2.75) is 33.4 Å². The Hall–Kier alpha value is -1.07. The predicted octanol–water partition coefficient (Wildman–Crippen LogP) is 1.30. The van der Waals surface area contributed by atoms with Gasteiger partial charge in [-0.15, -0.1) is 0 Å². The van der Waals surface area contributed by atoms with Crippen molar-refractivity contribution in [3.05, 3.63) is 16.4 Å². The summed E-state index contributed by atoms with van der Waals surface area (Å²) in [4.78, 5) is 11.6. The van der Waals surface area contributed by atoms with E-state index in [1.807, 2.05) is 20.8 Å². The Kier molecular flexibility index (Phi) is 4.96. The summed E-state index contributed by atoms with van der Waals surface area (Å²) >= 11 is 6.05. The minimum Gasteiger partial charge on any atom is -0.468 e. The highest BCUT2D eigenvalue weighted by molar-refractivity contribution is 6.31. The molecule has 0 amide bonds. The molecule has 5 nitrogen and oxygen atoms in total. The zero-order valence-corrected chi connectivity index (χ0v) is 11.3. The van der Waals surface area contributed by atoms with E-state index in [9.17, 15) is 4.79 Å². The molecule has 1 unspecified atom stereocenters. The van der Waals surface area contributed by atoms with Crippen LogP contribution >= 0.6 is 11.6 Å². The van der Waals surface area contributed by atoms with E-state index in [2.05, 4.69) is 10.4 Å². The second-order valence-electron chi connectivity index (χ2n) is 3.80. The third-order valence-electron chi connectivity index (χ3n) is 2.58. The molecule has 17 heavy (non-hydrogen) atoms. The quantitative estimate of drug-likeness (QED) is 0.810. The van der Waals surface area contributed by atoms with E-state index in [-0.39, 0.29) is 5.97 Å². The summed E-state index contributed by atoms with van der Waals surface area (Å²) < 4.78 is 6.46. The SMILES string of the molecule is CCNC(Cn1nc(C)c(Cl)c1C)C(=O)OC. The summed E-state index contributed by atoms with van der Waals surface area (Å²) in [6.45, 7) is 6.76. The summed E-state index contributed by atoms with van der Waals surface area (Å²) in [6.07, 6.45) is 0. The molecule has 0 saturated carbocycles. The number of rotatable bonds is 5. The maximum atomic E-state index is 11.6. The number of carbonyl (C=O) groups excluding carboxylic acids is 1. The van der Waals surface area contributed by atoms with Crippen molar-refractivity contribution in [1.29, 1.82) is 0 Å². The Morgan fingerprint density at radius 3 is 2.65 bits per heavy atom. The third-order valence-corrected chi connectivity index (χ3v) is 3.13. The van der Waals surface area contributed by atoms with E-state index in [1.54, 1.807) is 4.68 Å². The smallest absolute Gasteiger partial charge is 0.324 e. The van der Waals surface area contributed by atoms with Crippen LogP contribution in [0.2, 0.25) is 5.02 Å². The maximum Gasteiger partial charge on any atom is 0.324 e. The highest BCUT2D eigenvalue weighted by atomic mass is 35.5. The first-order chi connectivity index (χ1) is 8.01. The third kappa shape index (κ3) is 3.20. The first kappa shape index (κ1) is 14.0. The number of aromatic nitrogens is 2. The standard InChI is InChI=1S/C11H18ClN3O2/c1-5-13-9(11(16)17-4)6-15-8(3)10(12)7(2)14-15/h9,13H,5-6H2,1-4H3. The Bertz CT molecular complexity index is 404. The molecule has 0 spiro atoms. The van der Waals surface area contributed by atoms with Crippen molar-refractivity contribution in [3.63, 3.8) is 0 Å². The van der Waals surface area contributed by atoms with Crippen molar-refractivity contribution < 1.29 is 9.53 Å². The number of ether oxygens (including phenoxy) is 1. The minimum atomic E-state index is -0.404. The number of likely N-dealkylation sites (N-methyl/N-ethyl adjacent to an activating group) is 1. The van der Waals surface area contributed by atoms with E-state index in [1.165, 1.54) is 7.11 Å². The highest BCUT2D eigenvalue weighted by Gasteiger charge is 2.20. The summed E-state index contributed by atoms with van der Waals surface area (Å²) in [6, 6.07) is -0.404. The number of esters is 1. The molecule has 6 heteroatoms. The van der Waals surface area contributed by atoms with Gasteiger partial charge >= 0.3 is 5.97 Å². The molecule has 1 aromatic heterocycles. The summed E-state index contributed by atoms with van der Waals surface area (Å²) in [5.41, 5.74) is 1.63. The zero-order chi connectivity index (χ0) is 13.0. The topological polar surface area (TPSA) is 56.2 Å². The molecule has 0 aliphatic carbocycles. The van der Waals surface area contributed by atoms with Crippen LogP contribution in [0.1, 0.15) is 18.3 Å². The fourth-order valence-electron chi connectivity index (χ4n) is 1.64. The predicted molar refractivity (Wildman–Crippen MR) is 66.2 cm³/mol. The normalized spacial score (nSPS) is 12.5. The summed E-state index contributed by atoms with van der Waals surface area (Å²) in [7, 11) is 1.38. The van der Waals surface area contributed by atoms with Crippen LogP contribution in [0, 0.1) is 13.8 Å². The van der Waals surface area contributed by atoms with Gasteiger partial charge in [-0.3, -0.25) is 9.48 Å². The maximum absolute atomic E-state index is 11.6. The van der Waals surface area contributed by atoms with Crippen LogP contribution < -0.4 is 5.32 Å². The number of aryl methyl sites for hydroxylation is 1. The van der Waals surface area contributed by atoms with Gasteiger partial charge in [0.25, 0.3) is 0 Å². The Morgan fingerprint density at radius 2 is 2.24 bits per heavy atom. The molecular formula is C11H18ClN3O2. The number of nitrogens with one attached hydrogen (secondary N) is 1. The lowest BCUT2D eigenvalue weighted by Gasteiger charge is -2.16. The molecule has 0 aliphatic heterocycles. The summed E-state index contributed by atoms with van der Waals surface area (Å²) in [5.74, 6) is -0.296. The molecule has 96 valence electrons. The van der Waals surface area contributed by atoms with Crippen LogP contribution in [0.5, 0.6) is 0 Å². The second-order valence-corrected chi connectivity index (χ2v) is 4.18. The lowest BCUT2D eigenvalue weighted by molar-refractivity contribution is -0.143. The molecule has 1 heterocycles. The number of hydrogen-bond acceptors (Lipinski definition) is 4. The molecule has 0 radical (unpaired) electrons. The number of methoxy groups -OCH3 is 1. The van der Waals surface area contributed by atoms with Gasteiger partial charge in [-0.05, 0) is 20.4 Å². The van der Waals surface area contributed by atoms with Crippen LogP contribution in [0.3, 0.4) is 0 Å². The van der Waals surface area contributed by atoms with Crippen LogP contribution in [0.4, 0.5) is 0 Å². The van der Waals surface area contributed by atoms with Gasteiger partial charge in [-0.2, -0.15) is 5.10 Å². The van der Waals surface area contributed by atoms with Crippen molar-refractivity contribution in [2.24, 2.45) is 0 Å². The lowest BCUT2D eigenvalue weighted by atomic mass is 10.3. The number of carbonyl (C=O) groups is 1. The van der Waals surface area contributed by atoms with Gasteiger partial charge < -0.3 is 10.1 Å². The van der Waals surface area contributed by atoms with Gasteiger partial charge in [0.15, 0.2) is 0 Å². The molecule has 0 aromatic carbocycles. The zero-order valence-electron chi connectivity index (χ0n) is 10.6. The Morgan fingerprint density at radius 1 is 1.59 bits per heavy atom. The van der Waals surface area contributed by atoms with Gasteiger partial charge in [0.1, 0.15) is 6.04 Å². The van der Waals surface area contributed by atoms with Crippen molar-refractivity contribution in [3.8, 4) is 0 Å². The van der Waals surface area contributed by atoms with Gasteiger partial charge in [-0.1, -0.05) is 18.5 Å². The number of hydrogen-bond donors (Lipinski definition) is 1. The van der Waals surface area contributed by atoms with Crippen LogP contribution in [-0.4, -0.2) is 35.4 Å². The molecule has 1 N–H and O–H groups in total. The molecular weight excluding hydrogens is 242 g/mol.